The molecule has 2 aromatic heterocycles. The zero-order valence-electron chi connectivity index (χ0n) is 18.9. The third kappa shape index (κ3) is 4.71. The molecule has 1 saturated heterocycles. The smallest absolute Gasteiger partial charge is 0.317 e. The molecule has 1 aliphatic rings. The second-order valence-corrected chi connectivity index (χ2v) is 8.58. The topological polar surface area (TPSA) is 66.3 Å². The molecular weight excluding hydrogens is 388 g/mol. The van der Waals surface area contributed by atoms with Gasteiger partial charge in [-0.25, -0.2) is 14.8 Å². The highest BCUT2D eigenvalue weighted by molar-refractivity contribution is 5.75. The van der Waals surface area contributed by atoms with E-state index in [0.717, 1.165) is 61.8 Å². The first-order chi connectivity index (χ1) is 14.9. The van der Waals surface area contributed by atoms with Crippen molar-refractivity contribution in [2.75, 3.05) is 26.2 Å². The Morgan fingerprint density at radius 2 is 1.84 bits per heavy atom. The SMILES string of the molecule is CC[C@@H](C)NC(=O)N1CCN(Cc2nc3cccnc3n2-c2cc(C)cc(C)c2)CC1. The van der Waals surface area contributed by atoms with Gasteiger partial charge >= 0.3 is 6.03 Å². The van der Waals surface area contributed by atoms with Crippen LogP contribution in [0.1, 0.15) is 37.2 Å². The number of pyridine rings is 1. The number of aryl methyl sites for hydroxylation is 2. The highest BCUT2D eigenvalue weighted by Crippen LogP contribution is 2.23. The summed E-state index contributed by atoms with van der Waals surface area (Å²) in [5.41, 5.74) is 5.33. The Labute approximate surface area is 184 Å². The van der Waals surface area contributed by atoms with Gasteiger partial charge in [-0.1, -0.05) is 13.0 Å². The number of carbonyl (C=O) groups is 1. The molecule has 7 nitrogen and oxygen atoms in total. The maximum Gasteiger partial charge on any atom is 0.317 e. The molecule has 0 aliphatic carbocycles. The van der Waals surface area contributed by atoms with Gasteiger partial charge in [0.25, 0.3) is 0 Å². The van der Waals surface area contributed by atoms with Gasteiger partial charge in [-0.2, -0.15) is 0 Å². The van der Waals surface area contributed by atoms with Crippen LogP contribution in [0.3, 0.4) is 0 Å². The summed E-state index contributed by atoms with van der Waals surface area (Å²) in [5, 5.41) is 3.07. The molecule has 1 atom stereocenters. The minimum Gasteiger partial charge on any atom is -0.336 e. The molecule has 0 bridgehead atoms. The van der Waals surface area contributed by atoms with Gasteiger partial charge in [0, 0.05) is 44.1 Å². The summed E-state index contributed by atoms with van der Waals surface area (Å²) in [5.74, 6) is 0.983. The fourth-order valence-electron chi connectivity index (χ4n) is 4.13. The van der Waals surface area contributed by atoms with Crippen LogP contribution in [0.4, 0.5) is 4.79 Å². The standard InChI is InChI=1S/C24H32N6O/c1-5-19(4)26-24(31)29-11-9-28(10-12-29)16-22-27-21-7-6-8-25-23(21)30(22)20-14-17(2)13-18(3)15-20/h6-8,13-15,19H,5,9-12,16H2,1-4H3,(H,26,31)/t19-/m1/s1. The number of amides is 2. The van der Waals surface area contributed by atoms with Crippen molar-refractivity contribution in [2.24, 2.45) is 0 Å². The monoisotopic (exact) mass is 420 g/mol. The van der Waals surface area contributed by atoms with Gasteiger partial charge < -0.3 is 10.2 Å². The van der Waals surface area contributed by atoms with E-state index in [9.17, 15) is 4.79 Å². The average molecular weight is 421 g/mol. The number of carbonyl (C=O) groups excluding carboxylic acids is 1. The van der Waals surface area contributed by atoms with Crippen molar-refractivity contribution in [3.05, 3.63) is 53.5 Å². The lowest BCUT2D eigenvalue weighted by atomic mass is 10.1. The lowest BCUT2D eigenvalue weighted by Crippen LogP contribution is -2.52. The van der Waals surface area contributed by atoms with Gasteiger partial charge in [0.1, 0.15) is 11.3 Å². The van der Waals surface area contributed by atoms with E-state index < -0.39 is 0 Å². The normalized spacial score (nSPS) is 15.9. The second kappa shape index (κ2) is 9.06. The maximum absolute atomic E-state index is 12.4. The molecule has 4 rings (SSSR count). The lowest BCUT2D eigenvalue weighted by Gasteiger charge is -2.35. The molecule has 7 heteroatoms. The van der Waals surface area contributed by atoms with Crippen molar-refractivity contribution < 1.29 is 4.79 Å². The van der Waals surface area contributed by atoms with Gasteiger partial charge in [-0.05, 0) is 62.6 Å². The lowest BCUT2D eigenvalue weighted by molar-refractivity contribution is 0.131. The van der Waals surface area contributed by atoms with Crippen LogP contribution in [0.15, 0.2) is 36.5 Å². The number of imidazole rings is 1. The van der Waals surface area contributed by atoms with Gasteiger partial charge in [-0.15, -0.1) is 0 Å². The second-order valence-electron chi connectivity index (χ2n) is 8.58. The van der Waals surface area contributed by atoms with Crippen molar-refractivity contribution in [1.29, 1.82) is 0 Å². The van der Waals surface area contributed by atoms with Crippen molar-refractivity contribution in [1.82, 2.24) is 29.7 Å². The van der Waals surface area contributed by atoms with E-state index >= 15 is 0 Å². The summed E-state index contributed by atoms with van der Waals surface area (Å²) in [7, 11) is 0. The molecule has 1 aliphatic heterocycles. The number of hydrogen-bond acceptors (Lipinski definition) is 4. The van der Waals surface area contributed by atoms with Crippen LogP contribution in [0.2, 0.25) is 0 Å². The van der Waals surface area contributed by atoms with Crippen LogP contribution in [-0.2, 0) is 6.54 Å². The molecule has 164 valence electrons. The summed E-state index contributed by atoms with van der Waals surface area (Å²) in [6.07, 6.45) is 2.76. The Morgan fingerprint density at radius 3 is 2.52 bits per heavy atom. The van der Waals surface area contributed by atoms with Crippen molar-refractivity contribution in [3.8, 4) is 5.69 Å². The number of nitrogens with one attached hydrogen (secondary N) is 1. The first-order valence-corrected chi connectivity index (χ1v) is 11.1. The number of piperazine rings is 1. The summed E-state index contributed by atoms with van der Waals surface area (Å²) in [6, 6.07) is 10.7. The van der Waals surface area contributed by atoms with E-state index in [1.54, 1.807) is 0 Å². The minimum absolute atomic E-state index is 0.0423. The fraction of sp³-hybridized carbons (Fsp3) is 0.458. The van der Waals surface area contributed by atoms with Gasteiger partial charge in [-0.3, -0.25) is 9.47 Å². The van der Waals surface area contributed by atoms with Crippen LogP contribution in [-0.4, -0.2) is 62.6 Å². The number of hydrogen-bond donors (Lipinski definition) is 1. The van der Waals surface area contributed by atoms with E-state index in [4.69, 9.17) is 4.98 Å². The van der Waals surface area contributed by atoms with Gasteiger partial charge in [0.15, 0.2) is 5.65 Å². The molecule has 1 N–H and O–H groups in total. The molecule has 3 heterocycles. The Morgan fingerprint density at radius 1 is 1.13 bits per heavy atom. The van der Waals surface area contributed by atoms with E-state index in [-0.39, 0.29) is 12.1 Å². The highest BCUT2D eigenvalue weighted by atomic mass is 16.2. The molecule has 0 saturated carbocycles. The third-order valence-electron chi connectivity index (χ3n) is 5.96. The largest absolute Gasteiger partial charge is 0.336 e. The van der Waals surface area contributed by atoms with E-state index in [0.29, 0.717) is 0 Å². The first-order valence-electron chi connectivity index (χ1n) is 11.1. The summed E-state index contributed by atoms with van der Waals surface area (Å²) < 4.78 is 2.18. The zero-order valence-corrected chi connectivity index (χ0v) is 18.9. The summed E-state index contributed by atoms with van der Waals surface area (Å²) in [4.78, 5) is 26.2. The van der Waals surface area contributed by atoms with Gasteiger partial charge in [0.05, 0.1) is 6.54 Å². The maximum atomic E-state index is 12.4. The zero-order chi connectivity index (χ0) is 22.0. The van der Waals surface area contributed by atoms with Crippen LogP contribution < -0.4 is 5.32 Å². The highest BCUT2D eigenvalue weighted by Gasteiger charge is 2.24. The van der Waals surface area contributed by atoms with Gasteiger partial charge in [0.2, 0.25) is 0 Å². The molecule has 0 unspecified atom stereocenters. The predicted molar refractivity (Wildman–Crippen MR) is 123 cm³/mol. The van der Waals surface area contributed by atoms with E-state index in [1.165, 1.54) is 11.1 Å². The minimum atomic E-state index is 0.0423. The molecular formula is C24H32N6O. The van der Waals surface area contributed by atoms with Crippen molar-refractivity contribution >= 4 is 17.2 Å². The summed E-state index contributed by atoms with van der Waals surface area (Å²) >= 11 is 0. The molecule has 1 aromatic carbocycles. The quantitative estimate of drug-likeness (QED) is 0.684. The number of aromatic nitrogens is 3. The van der Waals surface area contributed by atoms with Crippen molar-refractivity contribution in [3.63, 3.8) is 0 Å². The number of rotatable bonds is 5. The predicted octanol–water partition coefficient (Wildman–Crippen LogP) is 3.66. The van der Waals surface area contributed by atoms with Crippen LogP contribution >= 0.6 is 0 Å². The van der Waals surface area contributed by atoms with Crippen LogP contribution in [0.5, 0.6) is 0 Å². The van der Waals surface area contributed by atoms with E-state index in [2.05, 4.69) is 58.7 Å². The Balaban J connectivity index is 1.54. The molecule has 0 radical (unpaired) electrons. The first kappa shape index (κ1) is 21.3. The number of urea groups is 1. The van der Waals surface area contributed by atoms with Crippen LogP contribution in [0, 0.1) is 13.8 Å². The van der Waals surface area contributed by atoms with Crippen molar-refractivity contribution in [2.45, 2.75) is 46.7 Å². The molecule has 31 heavy (non-hydrogen) atoms. The van der Waals surface area contributed by atoms with Crippen LogP contribution in [0.25, 0.3) is 16.9 Å². The third-order valence-corrected chi connectivity index (χ3v) is 5.96. The number of benzene rings is 1. The fourth-order valence-corrected chi connectivity index (χ4v) is 4.13. The number of nitrogens with zero attached hydrogens (tertiary/aromatic N) is 5. The molecule has 3 aromatic rings. The Bertz CT molecular complexity index is 1050. The molecule has 2 amide bonds. The molecule has 1 fully saturated rings. The molecule has 0 spiro atoms. The van der Waals surface area contributed by atoms with E-state index in [1.807, 2.05) is 30.2 Å². The Kier molecular flexibility index (Phi) is 6.23. The Hall–Kier alpha value is -2.93. The summed E-state index contributed by atoms with van der Waals surface area (Å²) in [6.45, 7) is 12.2. The average Bonchev–Trinajstić information content (AvgIpc) is 3.11. The number of fused-ring (bicyclic) bond motifs is 1.